The van der Waals surface area contributed by atoms with Crippen LogP contribution in [0.1, 0.15) is 39.2 Å². The fourth-order valence-electron chi connectivity index (χ4n) is 1.99. The van der Waals surface area contributed by atoms with Gasteiger partial charge in [-0.15, -0.1) is 0 Å². The van der Waals surface area contributed by atoms with Crippen molar-refractivity contribution in [2.45, 2.75) is 44.8 Å². The van der Waals surface area contributed by atoms with Crippen LogP contribution < -0.4 is 5.32 Å². The summed E-state index contributed by atoms with van der Waals surface area (Å²) in [5, 5.41) is 3.01. The van der Waals surface area contributed by atoms with Gasteiger partial charge in [0, 0.05) is 0 Å². The summed E-state index contributed by atoms with van der Waals surface area (Å²) in [5.74, 6) is 0. The van der Waals surface area contributed by atoms with Gasteiger partial charge in [0.05, 0.1) is 16.2 Å². The number of halogens is 1. The van der Waals surface area contributed by atoms with Crippen LogP contribution in [0, 0.1) is 0 Å². The van der Waals surface area contributed by atoms with E-state index in [1.165, 1.54) is 0 Å². The molecule has 0 radical (unpaired) electrons. The molecule has 2 rings (SSSR count). The smallest absolute Gasteiger partial charge is 0.412 e. The molecule has 1 N–H and O–H groups in total. The van der Waals surface area contributed by atoms with E-state index < -0.39 is 17.2 Å². The zero-order valence-corrected chi connectivity index (χ0v) is 13.0. The summed E-state index contributed by atoms with van der Waals surface area (Å²) in [6.07, 6.45) is 2.60. The second-order valence-corrected chi connectivity index (χ2v) is 6.46. The van der Waals surface area contributed by atoms with Crippen molar-refractivity contribution in [3.05, 3.63) is 28.8 Å². The van der Waals surface area contributed by atoms with E-state index in [1.54, 1.807) is 45.1 Å². The van der Waals surface area contributed by atoms with Crippen LogP contribution in [0.5, 0.6) is 0 Å². The zero-order valence-electron chi connectivity index (χ0n) is 12.2. The number of hydrogen-bond acceptors (Lipinski definition) is 4. The number of aliphatic imine (C=N–C) groups is 1. The lowest BCUT2D eigenvalue weighted by Gasteiger charge is -2.20. The molecular weight excluding hydrogens is 292 g/mol. The Morgan fingerprint density at radius 1 is 1.43 bits per heavy atom. The number of rotatable bonds is 3. The van der Waals surface area contributed by atoms with Gasteiger partial charge in [-0.05, 0) is 51.3 Å². The van der Waals surface area contributed by atoms with Crippen LogP contribution in [0.3, 0.4) is 0 Å². The van der Waals surface area contributed by atoms with E-state index in [-0.39, 0.29) is 0 Å². The maximum Gasteiger partial charge on any atom is 0.412 e. The van der Waals surface area contributed by atoms with Crippen LogP contribution >= 0.6 is 11.6 Å². The monoisotopic (exact) mass is 308 g/mol. The Hall–Kier alpha value is -1.84. The molecule has 0 bridgehead atoms. The van der Waals surface area contributed by atoms with Crippen LogP contribution in [0.25, 0.3) is 0 Å². The summed E-state index contributed by atoms with van der Waals surface area (Å²) < 4.78 is 5.19. The highest BCUT2D eigenvalue weighted by Crippen LogP contribution is 2.50. The number of carbonyl (C=O) groups is 1. The minimum Gasteiger partial charge on any atom is -0.444 e. The van der Waals surface area contributed by atoms with Crippen molar-refractivity contribution in [2.24, 2.45) is 4.99 Å². The summed E-state index contributed by atoms with van der Waals surface area (Å²) in [4.78, 5) is 26.2. The van der Waals surface area contributed by atoms with Crippen molar-refractivity contribution in [3.8, 4) is 0 Å². The largest absolute Gasteiger partial charge is 0.444 e. The van der Waals surface area contributed by atoms with Gasteiger partial charge >= 0.3 is 6.09 Å². The lowest BCUT2D eigenvalue weighted by Crippen LogP contribution is -2.27. The standard InChI is InChI=1S/C15H17ClN2O3/c1-14(2,3)21-13(20)18-12-8-10(4-5-11(12)16)15(6-7-15)17-9-19/h4-5,8H,6-7H2,1-3H3,(H,18,20). The Morgan fingerprint density at radius 2 is 2.10 bits per heavy atom. The summed E-state index contributed by atoms with van der Waals surface area (Å²) in [7, 11) is 0. The van der Waals surface area contributed by atoms with E-state index in [4.69, 9.17) is 16.3 Å². The molecule has 6 heteroatoms. The van der Waals surface area contributed by atoms with Gasteiger partial charge in [-0.3, -0.25) is 5.32 Å². The van der Waals surface area contributed by atoms with Crippen molar-refractivity contribution in [2.75, 3.05) is 5.32 Å². The topological polar surface area (TPSA) is 67.8 Å². The SMILES string of the molecule is CC(C)(C)OC(=O)Nc1cc(C2(N=C=O)CC2)ccc1Cl. The number of ether oxygens (including phenoxy) is 1. The molecule has 0 unspecified atom stereocenters. The van der Waals surface area contributed by atoms with Gasteiger partial charge in [-0.1, -0.05) is 17.7 Å². The fraction of sp³-hybridized carbons (Fsp3) is 0.467. The summed E-state index contributed by atoms with van der Waals surface area (Å²) >= 11 is 6.08. The highest BCUT2D eigenvalue weighted by Gasteiger charge is 2.45. The summed E-state index contributed by atoms with van der Waals surface area (Å²) in [6.45, 7) is 5.34. The van der Waals surface area contributed by atoms with Gasteiger partial charge in [-0.2, -0.15) is 4.99 Å². The van der Waals surface area contributed by atoms with E-state index in [0.29, 0.717) is 10.7 Å². The van der Waals surface area contributed by atoms with Gasteiger partial charge in [0.2, 0.25) is 6.08 Å². The molecule has 1 fully saturated rings. The number of nitrogens with one attached hydrogen (secondary N) is 1. The van der Waals surface area contributed by atoms with Crippen molar-refractivity contribution in [1.82, 2.24) is 0 Å². The molecule has 1 amide bonds. The second kappa shape index (κ2) is 5.51. The Morgan fingerprint density at radius 3 is 2.62 bits per heavy atom. The molecular formula is C15H17ClN2O3. The maximum absolute atomic E-state index is 11.8. The first-order valence-corrected chi connectivity index (χ1v) is 7.03. The number of hydrogen-bond donors (Lipinski definition) is 1. The highest BCUT2D eigenvalue weighted by molar-refractivity contribution is 6.33. The van der Waals surface area contributed by atoms with Crippen LogP contribution in [-0.4, -0.2) is 17.8 Å². The first kappa shape index (κ1) is 15.5. The zero-order chi connectivity index (χ0) is 15.7. The third kappa shape index (κ3) is 3.84. The molecule has 1 aliphatic rings. The van der Waals surface area contributed by atoms with E-state index in [1.807, 2.05) is 0 Å². The second-order valence-electron chi connectivity index (χ2n) is 6.06. The molecule has 1 aromatic rings. The lowest BCUT2D eigenvalue weighted by atomic mass is 10.0. The summed E-state index contributed by atoms with van der Waals surface area (Å²) in [5.41, 5.74) is 0.182. The number of amides is 1. The van der Waals surface area contributed by atoms with Crippen LogP contribution in [0.2, 0.25) is 5.02 Å². The minimum atomic E-state index is -0.590. The Labute approximate surface area is 128 Å². The van der Waals surface area contributed by atoms with Crippen molar-refractivity contribution in [3.63, 3.8) is 0 Å². The molecule has 1 saturated carbocycles. The molecule has 0 saturated heterocycles. The van der Waals surface area contributed by atoms with Crippen molar-refractivity contribution in [1.29, 1.82) is 0 Å². The Kier molecular flexibility index (Phi) is 4.08. The van der Waals surface area contributed by atoms with Gasteiger partial charge in [0.1, 0.15) is 5.60 Å². The minimum absolute atomic E-state index is 0.399. The summed E-state index contributed by atoms with van der Waals surface area (Å²) in [6, 6.07) is 5.19. The fourth-order valence-corrected chi connectivity index (χ4v) is 2.16. The number of anilines is 1. The van der Waals surface area contributed by atoms with E-state index in [9.17, 15) is 9.59 Å². The number of benzene rings is 1. The molecule has 0 aromatic heterocycles. The van der Waals surface area contributed by atoms with Crippen LogP contribution in [0.4, 0.5) is 10.5 Å². The van der Waals surface area contributed by atoms with Crippen LogP contribution in [0.15, 0.2) is 23.2 Å². The molecule has 0 spiro atoms. The molecule has 112 valence electrons. The number of isocyanates is 1. The molecule has 5 nitrogen and oxygen atoms in total. The van der Waals surface area contributed by atoms with E-state index in [2.05, 4.69) is 10.3 Å². The molecule has 0 heterocycles. The van der Waals surface area contributed by atoms with Gasteiger partial charge in [0.15, 0.2) is 0 Å². The first-order chi connectivity index (χ1) is 9.76. The Balaban J connectivity index is 2.21. The third-order valence-electron chi connectivity index (χ3n) is 3.12. The van der Waals surface area contributed by atoms with E-state index in [0.717, 1.165) is 18.4 Å². The number of carbonyl (C=O) groups excluding carboxylic acids is 2. The first-order valence-electron chi connectivity index (χ1n) is 6.65. The Bertz CT molecular complexity index is 612. The molecule has 21 heavy (non-hydrogen) atoms. The number of nitrogens with zero attached hydrogens (tertiary/aromatic N) is 1. The van der Waals surface area contributed by atoms with Gasteiger partial charge in [-0.25, -0.2) is 9.59 Å². The van der Waals surface area contributed by atoms with E-state index >= 15 is 0 Å². The molecule has 0 aliphatic heterocycles. The molecule has 1 aromatic carbocycles. The van der Waals surface area contributed by atoms with Crippen molar-refractivity contribution >= 4 is 29.5 Å². The third-order valence-corrected chi connectivity index (χ3v) is 3.45. The van der Waals surface area contributed by atoms with Gasteiger partial charge < -0.3 is 4.74 Å². The molecule has 0 atom stereocenters. The average Bonchev–Trinajstić information content (AvgIpc) is 3.11. The quantitative estimate of drug-likeness (QED) is 0.677. The predicted molar refractivity (Wildman–Crippen MR) is 80.3 cm³/mol. The highest BCUT2D eigenvalue weighted by atomic mass is 35.5. The van der Waals surface area contributed by atoms with Gasteiger partial charge in [0.25, 0.3) is 0 Å². The average molecular weight is 309 g/mol. The van der Waals surface area contributed by atoms with Crippen molar-refractivity contribution < 1.29 is 14.3 Å². The maximum atomic E-state index is 11.8. The predicted octanol–water partition coefficient (Wildman–Crippen LogP) is 4.01. The molecule has 1 aliphatic carbocycles. The lowest BCUT2D eigenvalue weighted by molar-refractivity contribution is 0.0636. The normalized spacial score (nSPS) is 15.8. The van der Waals surface area contributed by atoms with Crippen LogP contribution in [-0.2, 0) is 15.1 Å².